The molecule has 0 bridgehead atoms. The van der Waals surface area contributed by atoms with Crippen LogP contribution in [0.4, 0.5) is 0 Å². The maximum Gasteiger partial charge on any atom is 0.245 e. The van der Waals surface area contributed by atoms with E-state index in [2.05, 4.69) is 12.2 Å². The van der Waals surface area contributed by atoms with E-state index in [1.54, 1.807) is 4.90 Å². The number of amides is 2. The van der Waals surface area contributed by atoms with E-state index in [-0.39, 0.29) is 24.4 Å². The SMILES string of the molecule is CCCC1NC(=O)CN(CC2CCC(CC)CC2)C1=O. The van der Waals surface area contributed by atoms with E-state index in [1.165, 1.54) is 32.1 Å². The van der Waals surface area contributed by atoms with Gasteiger partial charge in [0.05, 0.1) is 6.54 Å². The molecule has 2 amide bonds. The lowest BCUT2D eigenvalue weighted by molar-refractivity contribution is -0.145. The predicted molar refractivity (Wildman–Crippen MR) is 79.2 cm³/mol. The Balaban J connectivity index is 1.88. The van der Waals surface area contributed by atoms with Gasteiger partial charge in [-0.15, -0.1) is 0 Å². The summed E-state index contributed by atoms with van der Waals surface area (Å²) < 4.78 is 0. The highest BCUT2D eigenvalue weighted by molar-refractivity contribution is 5.94. The van der Waals surface area contributed by atoms with Crippen LogP contribution in [0, 0.1) is 11.8 Å². The quantitative estimate of drug-likeness (QED) is 0.840. The molecule has 1 unspecified atom stereocenters. The van der Waals surface area contributed by atoms with E-state index < -0.39 is 0 Å². The fourth-order valence-electron chi connectivity index (χ4n) is 3.55. The van der Waals surface area contributed by atoms with Gasteiger partial charge in [0.25, 0.3) is 0 Å². The molecule has 2 aliphatic rings. The highest BCUT2D eigenvalue weighted by Crippen LogP contribution is 2.31. The molecule has 1 saturated heterocycles. The Morgan fingerprint density at radius 2 is 1.75 bits per heavy atom. The number of carbonyl (C=O) groups excluding carboxylic acids is 2. The van der Waals surface area contributed by atoms with Crippen LogP contribution >= 0.6 is 0 Å². The van der Waals surface area contributed by atoms with Gasteiger partial charge in [-0.25, -0.2) is 0 Å². The zero-order valence-corrected chi connectivity index (χ0v) is 12.9. The molecule has 20 heavy (non-hydrogen) atoms. The second-order valence-electron chi connectivity index (χ2n) is 6.42. The largest absolute Gasteiger partial charge is 0.343 e. The van der Waals surface area contributed by atoms with Crippen LogP contribution in [0.3, 0.4) is 0 Å². The van der Waals surface area contributed by atoms with Crippen LogP contribution < -0.4 is 5.32 Å². The van der Waals surface area contributed by atoms with Gasteiger partial charge in [-0.1, -0.05) is 39.5 Å². The Kier molecular flexibility index (Phi) is 5.44. The summed E-state index contributed by atoms with van der Waals surface area (Å²) in [4.78, 5) is 25.9. The van der Waals surface area contributed by atoms with Crippen molar-refractivity contribution in [3.63, 3.8) is 0 Å². The number of hydrogen-bond donors (Lipinski definition) is 1. The lowest BCUT2D eigenvalue weighted by Gasteiger charge is -2.36. The van der Waals surface area contributed by atoms with Crippen molar-refractivity contribution < 1.29 is 9.59 Å². The number of nitrogens with zero attached hydrogens (tertiary/aromatic N) is 1. The van der Waals surface area contributed by atoms with Crippen molar-refractivity contribution in [2.45, 2.75) is 64.8 Å². The predicted octanol–water partition coefficient (Wildman–Crippen LogP) is 2.33. The summed E-state index contributed by atoms with van der Waals surface area (Å²) in [5.41, 5.74) is 0. The highest BCUT2D eigenvalue weighted by atomic mass is 16.2. The summed E-state index contributed by atoms with van der Waals surface area (Å²) in [5, 5.41) is 2.82. The number of piperazine rings is 1. The van der Waals surface area contributed by atoms with E-state index in [0.717, 1.165) is 25.3 Å². The van der Waals surface area contributed by atoms with E-state index in [0.29, 0.717) is 5.92 Å². The first-order valence-corrected chi connectivity index (χ1v) is 8.22. The normalized spacial score (nSPS) is 31.3. The second-order valence-corrected chi connectivity index (χ2v) is 6.42. The van der Waals surface area contributed by atoms with Gasteiger partial charge in [0.15, 0.2) is 0 Å². The smallest absolute Gasteiger partial charge is 0.245 e. The summed E-state index contributed by atoms with van der Waals surface area (Å²) in [7, 11) is 0. The molecule has 0 aromatic heterocycles. The van der Waals surface area contributed by atoms with Crippen molar-refractivity contribution in [2.24, 2.45) is 11.8 Å². The zero-order chi connectivity index (χ0) is 14.5. The van der Waals surface area contributed by atoms with Gasteiger partial charge in [0.2, 0.25) is 11.8 Å². The van der Waals surface area contributed by atoms with E-state index in [1.807, 2.05) is 6.92 Å². The standard InChI is InChI=1S/C16H28N2O2/c1-3-5-14-16(20)18(11-15(19)17-14)10-13-8-6-12(4-2)7-9-13/h12-14H,3-11H2,1-2H3,(H,17,19). The molecule has 4 heteroatoms. The van der Waals surface area contributed by atoms with Crippen LogP contribution in [-0.2, 0) is 9.59 Å². The Hall–Kier alpha value is -1.06. The minimum atomic E-state index is -0.284. The first kappa shape index (κ1) is 15.3. The van der Waals surface area contributed by atoms with Crippen LogP contribution in [0.2, 0.25) is 0 Å². The van der Waals surface area contributed by atoms with Crippen LogP contribution in [0.1, 0.15) is 58.8 Å². The molecule has 2 fully saturated rings. The average Bonchev–Trinajstić information content (AvgIpc) is 2.45. The molecule has 1 heterocycles. The minimum absolute atomic E-state index is 0.00490. The maximum atomic E-state index is 12.4. The van der Waals surface area contributed by atoms with Gasteiger partial charge in [0, 0.05) is 6.54 Å². The summed E-state index contributed by atoms with van der Waals surface area (Å²) in [5.74, 6) is 1.60. The summed E-state index contributed by atoms with van der Waals surface area (Å²) in [6.07, 6.45) is 7.94. The second kappa shape index (κ2) is 7.09. The fraction of sp³-hybridized carbons (Fsp3) is 0.875. The molecular formula is C16H28N2O2. The van der Waals surface area contributed by atoms with Gasteiger partial charge in [-0.3, -0.25) is 9.59 Å². The molecule has 2 rings (SSSR count). The first-order valence-electron chi connectivity index (χ1n) is 8.22. The third-order valence-corrected chi connectivity index (χ3v) is 4.88. The van der Waals surface area contributed by atoms with E-state index >= 15 is 0 Å². The Labute approximate surface area is 122 Å². The van der Waals surface area contributed by atoms with Crippen LogP contribution in [0.25, 0.3) is 0 Å². The summed E-state index contributed by atoms with van der Waals surface area (Å²) >= 11 is 0. The van der Waals surface area contributed by atoms with Crippen LogP contribution in [0.5, 0.6) is 0 Å². The first-order chi connectivity index (χ1) is 9.63. The number of nitrogens with one attached hydrogen (secondary N) is 1. The van der Waals surface area contributed by atoms with E-state index in [4.69, 9.17) is 0 Å². The Morgan fingerprint density at radius 3 is 2.35 bits per heavy atom. The molecule has 0 aromatic rings. The Bertz CT molecular complexity index is 348. The third kappa shape index (κ3) is 3.74. The van der Waals surface area contributed by atoms with Crippen molar-refractivity contribution >= 4 is 11.8 Å². The zero-order valence-electron chi connectivity index (χ0n) is 12.9. The van der Waals surface area contributed by atoms with E-state index in [9.17, 15) is 9.59 Å². The molecule has 0 spiro atoms. The molecule has 0 radical (unpaired) electrons. The van der Waals surface area contributed by atoms with Crippen LogP contribution in [0.15, 0.2) is 0 Å². The Morgan fingerprint density at radius 1 is 1.10 bits per heavy atom. The summed E-state index contributed by atoms with van der Waals surface area (Å²) in [6, 6.07) is -0.284. The molecule has 1 aliphatic heterocycles. The molecule has 0 aromatic carbocycles. The molecule has 4 nitrogen and oxygen atoms in total. The highest BCUT2D eigenvalue weighted by Gasteiger charge is 2.33. The molecule has 1 saturated carbocycles. The van der Waals surface area contributed by atoms with Crippen molar-refractivity contribution in [1.29, 1.82) is 0 Å². The number of rotatable bonds is 5. The molecule has 1 N–H and O–H groups in total. The monoisotopic (exact) mass is 280 g/mol. The van der Waals surface area contributed by atoms with Gasteiger partial charge in [-0.2, -0.15) is 0 Å². The number of hydrogen-bond acceptors (Lipinski definition) is 2. The van der Waals surface area contributed by atoms with Gasteiger partial charge < -0.3 is 10.2 Å². The topological polar surface area (TPSA) is 49.4 Å². The van der Waals surface area contributed by atoms with Crippen molar-refractivity contribution in [3.8, 4) is 0 Å². The van der Waals surface area contributed by atoms with Crippen molar-refractivity contribution in [3.05, 3.63) is 0 Å². The van der Waals surface area contributed by atoms with Crippen LogP contribution in [-0.4, -0.2) is 35.8 Å². The van der Waals surface area contributed by atoms with Gasteiger partial charge in [-0.05, 0) is 31.1 Å². The number of carbonyl (C=O) groups is 2. The third-order valence-electron chi connectivity index (χ3n) is 4.88. The lowest BCUT2D eigenvalue weighted by Crippen LogP contribution is -2.58. The fourth-order valence-corrected chi connectivity index (χ4v) is 3.55. The molecule has 1 atom stereocenters. The van der Waals surface area contributed by atoms with Crippen molar-refractivity contribution in [2.75, 3.05) is 13.1 Å². The van der Waals surface area contributed by atoms with Gasteiger partial charge >= 0.3 is 0 Å². The molecular weight excluding hydrogens is 252 g/mol. The maximum absolute atomic E-state index is 12.4. The average molecular weight is 280 g/mol. The minimum Gasteiger partial charge on any atom is -0.343 e. The lowest BCUT2D eigenvalue weighted by atomic mass is 9.80. The molecule has 1 aliphatic carbocycles. The molecule has 114 valence electrons. The van der Waals surface area contributed by atoms with Gasteiger partial charge in [0.1, 0.15) is 6.04 Å². The van der Waals surface area contributed by atoms with Crippen molar-refractivity contribution in [1.82, 2.24) is 10.2 Å². The summed E-state index contributed by atoms with van der Waals surface area (Å²) in [6.45, 7) is 5.35.